The molecule has 4 aromatic rings. The molecule has 0 saturated carbocycles. The van der Waals surface area contributed by atoms with E-state index in [2.05, 4.69) is 19.9 Å². The van der Waals surface area contributed by atoms with Gasteiger partial charge in [0.1, 0.15) is 0 Å². The molecular formula is C25H30N4O6S4. The van der Waals surface area contributed by atoms with Gasteiger partial charge in [-0.25, -0.2) is 29.5 Å². The average molecular weight is 611 g/mol. The molecule has 0 aliphatic rings. The molecule has 4 aromatic heterocycles. The zero-order chi connectivity index (χ0) is 28.7. The van der Waals surface area contributed by atoms with Gasteiger partial charge in [-0.05, 0) is 11.8 Å². The van der Waals surface area contributed by atoms with Gasteiger partial charge in [0.15, 0.2) is 31.4 Å². The van der Waals surface area contributed by atoms with Crippen LogP contribution in [0, 0.1) is 11.8 Å². The Balaban J connectivity index is 0.000000216. The molecule has 2 unspecified atom stereocenters. The van der Waals surface area contributed by atoms with Crippen molar-refractivity contribution in [3.05, 3.63) is 44.3 Å². The van der Waals surface area contributed by atoms with Gasteiger partial charge in [-0.2, -0.15) is 0 Å². The third-order valence-corrected chi connectivity index (χ3v) is 9.39. The smallest absolute Gasteiger partial charge is 0.357 e. The van der Waals surface area contributed by atoms with Gasteiger partial charge in [0.05, 0.1) is 36.2 Å². The Morgan fingerprint density at radius 3 is 1.56 bits per heavy atom. The van der Waals surface area contributed by atoms with Gasteiger partial charge >= 0.3 is 11.9 Å². The lowest BCUT2D eigenvalue weighted by Crippen LogP contribution is -2.13. The van der Waals surface area contributed by atoms with Crippen molar-refractivity contribution in [2.24, 2.45) is 11.8 Å². The van der Waals surface area contributed by atoms with Gasteiger partial charge in [0.25, 0.3) is 0 Å². The Morgan fingerprint density at radius 1 is 0.744 bits per heavy atom. The Hall–Kier alpha value is -2.62. The van der Waals surface area contributed by atoms with Gasteiger partial charge in [0, 0.05) is 30.3 Å². The third kappa shape index (κ3) is 7.32. The number of esters is 2. The second-order valence-corrected chi connectivity index (χ2v) is 12.6. The quantitative estimate of drug-likeness (QED) is 0.220. The fourth-order valence-electron chi connectivity index (χ4n) is 3.37. The number of nitrogens with zero attached hydrogens (tertiary/aromatic N) is 4. The minimum absolute atomic E-state index is 0.00648. The van der Waals surface area contributed by atoms with Gasteiger partial charge < -0.3 is 19.3 Å². The van der Waals surface area contributed by atoms with Crippen LogP contribution in [-0.2, 0) is 14.2 Å². The van der Waals surface area contributed by atoms with E-state index in [-0.39, 0.29) is 23.6 Å². The molecule has 39 heavy (non-hydrogen) atoms. The molecule has 0 saturated heterocycles. The van der Waals surface area contributed by atoms with E-state index < -0.39 is 18.0 Å². The first-order chi connectivity index (χ1) is 18.6. The highest BCUT2D eigenvalue weighted by molar-refractivity contribution is 7.21. The van der Waals surface area contributed by atoms with E-state index >= 15 is 0 Å². The van der Waals surface area contributed by atoms with E-state index in [4.69, 9.17) is 14.2 Å². The predicted molar refractivity (Wildman–Crippen MR) is 154 cm³/mol. The largest absolute Gasteiger partial charge is 0.464 e. The lowest BCUT2D eigenvalue weighted by Gasteiger charge is -2.18. The normalized spacial score (nSPS) is 12.7. The number of aliphatic hydroxyl groups is 1. The Bertz CT molecular complexity index is 1350. The summed E-state index contributed by atoms with van der Waals surface area (Å²) in [6.07, 6.45) is 2.48. The molecule has 10 nitrogen and oxygen atoms in total. The van der Waals surface area contributed by atoms with E-state index in [0.29, 0.717) is 15.6 Å². The van der Waals surface area contributed by atoms with Crippen LogP contribution in [0.2, 0.25) is 0 Å². The lowest BCUT2D eigenvalue weighted by atomic mass is 10.0. The molecule has 0 bridgehead atoms. The standard InChI is InChI=1S/C13H16N2O3S2.C12H14N2O3S2/c1-7(2)9(17-3)10-8(13(16)18-4)15-12(20-10)11-14-5-6-19-11;1-6(2)8(15)9-7(12(16)17-3)14-11(19-9)10-13-4-5-18-10/h5-7,9H,1-4H3;4-6,8,15H,1-3H3. The zero-order valence-corrected chi connectivity index (χ0v) is 25.8. The topological polar surface area (TPSA) is 134 Å². The maximum absolute atomic E-state index is 11.9. The van der Waals surface area contributed by atoms with Crippen LogP contribution in [0.3, 0.4) is 0 Å². The molecule has 14 heteroatoms. The molecular weight excluding hydrogens is 581 g/mol. The predicted octanol–water partition coefficient (Wildman–Crippen LogP) is 6.14. The van der Waals surface area contributed by atoms with Crippen LogP contribution in [0.1, 0.15) is 70.6 Å². The Labute approximate surface area is 242 Å². The number of methoxy groups -OCH3 is 3. The molecule has 4 rings (SSSR count). The molecule has 0 aliphatic heterocycles. The van der Waals surface area contributed by atoms with Crippen LogP contribution in [0.25, 0.3) is 20.0 Å². The van der Waals surface area contributed by atoms with Crippen molar-refractivity contribution in [3.8, 4) is 20.0 Å². The summed E-state index contributed by atoms with van der Waals surface area (Å²) in [5.74, 6) is -0.753. The van der Waals surface area contributed by atoms with E-state index in [0.717, 1.165) is 19.9 Å². The van der Waals surface area contributed by atoms with E-state index in [1.165, 1.54) is 59.6 Å². The minimum Gasteiger partial charge on any atom is -0.464 e. The van der Waals surface area contributed by atoms with Crippen molar-refractivity contribution in [1.82, 2.24) is 19.9 Å². The number of aliphatic hydroxyl groups excluding tert-OH is 1. The Morgan fingerprint density at radius 2 is 1.21 bits per heavy atom. The van der Waals surface area contributed by atoms with Gasteiger partial charge in [-0.15, -0.1) is 45.3 Å². The van der Waals surface area contributed by atoms with Gasteiger partial charge in [-0.1, -0.05) is 27.7 Å². The molecule has 0 spiro atoms. The Kier molecular flexibility index (Phi) is 11.2. The molecule has 1 N–H and O–H groups in total. The van der Waals surface area contributed by atoms with Crippen LogP contribution in [-0.4, -0.2) is 58.3 Å². The lowest BCUT2D eigenvalue weighted by molar-refractivity contribution is 0.0540. The summed E-state index contributed by atoms with van der Waals surface area (Å²) in [5, 5.41) is 16.8. The average Bonchev–Trinajstić information content (AvgIpc) is 3.73. The zero-order valence-electron chi connectivity index (χ0n) is 22.5. The maximum Gasteiger partial charge on any atom is 0.357 e. The highest BCUT2D eigenvalue weighted by Crippen LogP contribution is 2.38. The molecule has 0 aromatic carbocycles. The number of carbonyl (C=O) groups excluding carboxylic acids is 2. The summed E-state index contributed by atoms with van der Waals surface area (Å²) in [6, 6.07) is 0. The number of carbonyl (C=O) groups is 2. The van der Waals surface area contributed by atoms with Crippen LogP contribution < -0.4 is 0 Å². The fourth-order valence-corrected chi connectivity index (χ4v) is 7.24. The van der Waals surface area contributed by atoms with E-state index in [9.17, 15) is 14.7 Å². The van der Waals surface area contributed by atoms with Crippen molar-refractivity contribution < 1.29 is 28.9 Å². The number of aromatic nitrogens is 4. The van der Waals surface area contributed by atoms with Crippen LogP contribution in [0.5, 0.6) is 0 Å². The maximum atomic E-state index is 11.9. The van der Waals surface area contributed by atoms with E-state index in [1.807, 2.05) is 38.5 Å². The fraction of sp³-hybridized carbons (Fsp3) is 0.440. The molecule has 0 radical (unpaired) electrons. The summed E-state index contributed by atoms with van der Waals surface area (Å²) in [6.45, 7) is 7.85. The SMILES string of the molecule is COC(=O)c1nc(-c2nccs2)sc1C(O)C(C)C.COC(=O)c1nc(-c2nccs2)sc1C(OC)C(C)C. The third-order valence-electron chi connectivity index (χ3n) is 5.31. The monoisotopic (exact) mass is 610 g/mol. The number of hydrogen-bond acceptors (Lipinski definition) is 14. The summed E-state index contributed by atoms with van der Waals surface area (Å²) in [5.41, 5.74) is 0.502. The molecule has 0 aliphatic carbocycles. The van der Waals surface area contributed by atoms with Gasteiger partial charge in [-0.3, -0.25) is 0 Å². The number of hydrogen-bond donors (Lipinski definition) is 1. The summed E-state index contributed by atoms with van der Waals surface area (Å²) in [7, 11) is 4.29. The second-order valence-electron chi connectivity index (χ2n) is 8.71. The highest BCUT2D eigenvalue weighted by atomic mass is 32.1. The van der Waals surface area contributed by atoms with Crippen molar-refractivity contribution in [2.75, 3.05) is 21.3 Å². The van der Waals surface area contributed by atoms with Gasteiger partial charge in [0.2, 0.25) is 0 Å². The molecule has 2 atom stereocenters. The van der Waals surface area contributed by atoms with E-state index in [1.54, 1.807) is 19.5 Å². The van der Waals surface area contributed by atoms with Crippen LogP contribution in [0.15, 0.2) is 23.2 Å². The number of ether oxygens (including phenoxy) is 3. The molecule has 210 valence electrons. The van der Waals surface area contributed by atoms with Crippen LogP contribution in [0.4, 0.5) is 0 Å². The first-order valence-electron chi connectivity index (χ1n) is 11.8. The summed E-state index contributed by atoms with van der Waals surface area (Å²) in [4.78, 5) is 42.0. The number of thiazole rings is 4. The second kappa shape index (κ2) is 14.1. The van der Waals surface area contributed by atoms with Crippen molar-refractivity contribution in [1.29, 1.82) is 0 Å². The summed E-state index contributed by atoms with van der Waals surface area (Å²) >= 11 is 5.65. The summed E-state index contributed by atoms with van der Waals surface area (Å²) < 4.78 is 15.0. The van der Waals surface area contributed by atoms with Crippen LogP contribution >= 0.6 is 45.3 Å². The minimum atomic E-state index is -0.736. The van der Waals surface area contributed by atoms with Crippen molar-refractivity contribution in [3.63, 3.8) is 0 Å². The highest BCUT2D eigenvalue weighted by Gasteiger charge is 2.29. The first kappa shape index (κ1) is 30.9. The van der Waals surface area contributed by atoms with Crippen molar-refractivity contribution >= 4 is 57.3 Å². The number of rotatable bonds is 9. The molecule has 4 heterocycles. The first-order valence-corrected chi connectivity index (χ1v) is 15.2. The molecule has 0 fully saturated rings. The molecule has 0 amide bonds. The van der Waals surface area contributed by atoms with Crippen molar-refractivity contribution in [2.45, 2.75) is 39.9 Å².